The van der Waals surface area contributed by atoms with Crippen molar-refractivity contribution in [2.75, 3.05) is 55.6 Å². The van der Waals surface area contributed by atoms with Crippen LogP contribution in [0.15, 0.2) is 48.7 Å². The van der Waals surface area contributed by atoms with Crippen LogP contribution in [-0.4, -0.2) is 118 Å². The van der Waals surface area contributed by atoms with Crippen molar-refractivity contribution in [2.45, 2.75) is 105 Å². The molecular weight excluding hydrogens is 695 g/mol. The number of likely N-dealkylation sites (N-methyl/N-ethyl adjacent to an activating group) is 2. The molecule has 4 rings (SSSR count). The number of hydrogen-bond acceptors (Lipinski definition) is 9. The van der Waals surface area contributed by atoms with E-state index in [0.717, 1.165) is 41.8 Å². The Morgan fingerprint density at radius 2 is 1.78 bits per heavy atom. The minimum absolute atomic E-state index is 0.0179. The molecule has 2 bridgehead atoms. The van der Waals surface area contributed by atoms with Crippen LogP contribution in [0.1, 0.15) is 78.9 Å². The van der Waals surface area contributed by atoms with E-state index in [4.69, 9.17) is 9.47 Å². The maximum absolute atomic E-state index is 14.3. The van der Waals surface area contributed by atoms with Gasteiger partial charge in [-0.15, -0.1) is 0 Å². The van der Waals surface area contributed by atoms with Gasteiger partial charge in [0.15, 0.2) is 0 Å². The highest BCUT2D eigenvalue weighted by Gasteiger charge is 2.56. The number of hydrogen-bond donors (Lipinski definition) is 5. The third kappa shape index (κ3) is 12.1. The number of amides is 2. The molecule has 1 aromatic rings. The summed E-state index contributed by atoms with van der Waals surface area (Å²) in [6.07, 6.45) is 6.43. The molecule has 0 unspecified atom stereocenters. The Morgan fingerprint density at radius 3 is 2.29 bits per heavy atom. The van der Waals surface area contributed by atoms with Crippen molar-refractivity contribution in [1.82, 2.24) is 25.8 Å². The largest absolute Gasteiger partial charge is 0.496 e. The van der Waals surface area contributed by atoms with E-state index in [1.165, 1.54) is 13.5 Å². The highest BCUT2D eigenvalue weighted by Crippen LogP contribution is 2.61. The Balaban J connectivity index is 1.97. The van der Waals surface area contributed by atoms with E-state index in [9.17, 15) is 19.8 Å². The zero-order valence-electron chi connectivity index (χ0n) is 36.0. The van der Waals surface area contributed by atoms with E-state index in [2.05, 4.69) is 69.0 Å². The second-order valence-corrected chi connectivity index (χ2v) is 18.3. The first-order valence-electron chi connectivity index (χ1n) is 19.9. The van der Waals surface area contributed by atoms with Gasteiger partial charge in [0, 0.05) is 75.2 Å². The summed E-state index contributed by atoms with van der Waals surface area (Å²) in [5.41, 5.74) is 3.27. The molecule has 11 nitrogen and oxygen atoms in total. The summed E-state index contributed by atoms with van der Waals surface area (Å²) < 4.78 is 11.7. The summed E-state index contributed by atoms with van der Waals surface area (Å²) in [6.45, 7) is 19.8. The Kier molecular flexibility index (Phi) is 16.6. The fourth-order valence-corrected chi connectivity index (χ4v) is 8.87. The summed E-state index contributed by atoms with van der Waals surface area (Å²) in [7, 11) is 10.9. The number of methoxy groups -OCH3 is 2. The van der Waals surface area contributed by atoms with E-state index in [1.807, 2.05) is 57.4 Å². The van der Waals surface area contributed by atoms with E-state index < -0.39 is 24.2 Å². The third-order valence-electron chi connectivity index (χ3n) is 12.0. The molecule has 0 radical (unpaired) electrons. The van der Waals surface area contributed by atoms with Gasteiger partial charge in [0.25, 0.3) is 0 Å². The first-order valence-corrected chi connectivity index (χ1v) is 19.9. The van der Waals surface area contributed by atoms with Gasteiger partial charge in [0.1, 0.15) is 5.75 Å². The molecule has 0 heterocycles. The standard InChI is InChI=1S/C44H73N5O6/c1-27(49(11)12)20-30(18-19-38(52)46-33(25-48(9)10)23-43(4,5)6)34-17-15-16-31(41(34)55-14)24-45-40(39(29(3)51)37(26-50)54-13)42(53)47-36-22-32-21-35(28(36)2)44(32,7)8/h15-20,28-29,32-33,35-37,39-40,45,50-51H,1,21-26H2,2-14H3,(H,46,52)(H,47,53)/b19-18+,30-20+/t28-,29-,32+,33-,35-,36-,37-,39+,40-/m0/s1. The second kappa shape index (κ2) is 19.8. The molecule has 0 aliphatic heterocycles. The van der Waals surface area contributed by atoms with Crippen molar-refractivity contribution in [3.05, 3.63) is 59.8 Å². The minimum atomic E-state index is -0.965. The molecule has 55 heavy (non-hydrogen) atoms. The number of ether oxygens (including phenoxy) is 2. The first-order chi connectivity index (χ1) is 25.6. The fourth-order valence-electron chi connectivity index (χ4n) is 8.87. The molecule has 5 N–H and O–H groups in total. The predicted octanol–water partition coefficient (Wildman–Crippen LogP) is 4.84. The first kappa shape index (κ1) is 46.2. The van der Waals surface area contributed by atoms with Gasteiger partial charge in [-0.3, -0.25) is 9.59 Å². The number of aliphatic hydroxyl groups excluding tert-OH is 2. The van der Waals surface area contributed by atoms with Gasteiger partial charge >= 0.3 is 0 Å². The molecular formula is C44H73N5O6. The number of carbonyl (C=O) groups is 2. The molecule has 0 spiro atoms. The quantitative estimate of drug-likeness (QED) is 0.0934. The zero-order chi connectivity index (χ0) is 41.4. The Hall–Kier alpha value is -3.22. The predicted molar refractivity (Wildman–Crippen MR) is 222 cm³/mol. The van der Waals surface area contributed by atoms with Crippen molar-refractivity contribution in [3.63, 3.8) is 0 Å². The van der Waals surface area contributed by atoms with Gasteiger partial charge in [-0.05, 0) is 86.6 Å². The molecule has 11 heteroatoms. The normalized spacial score (nSPS) is 23.7. The van der Waals surface area contributed by atoms with Crippen molar-refractivity contribution < 1.29 is 29.3 Å². The van der Waals surface area contributed by atoms with Crippen LogP contribution in [-0.2, 0) is 20.9 Å². The Morgan fingerprint density at radius 1 is 1.11 bits per heavy atom. The minimum Gasteiger partial charge on any atom is -0.496 e. The molecule has 3 fully saturated rings. The molecule has 0 aromatic heterocycles. The summed E-state index contributed by atoms with van der Waals surface area (Å²) in [5.74, 6) is 0.808. The molecule has 3 aliphatic carbocycles. The highest BCUT2D eigenvalue weighted by molar-refractivity contribution is 5.92. The van der Waals surface area contributed by atoms with Crippen LogP contribution in [0.5, 0.6) is 5.75 Å². The number of carbonyl (C=O) groups excluding carboxylic acids is 2. The number of fused-ring (bicyclic) bond motifs is 2. The molecule has 2 amide bonds. The second-order valence-electron chi connectivity index (χ2n) is 18.3. The number of nitrogens with one attached hydrogen (secondary N) is 3. The highest BCUT2D eigenvalue weighted by atomic mass is 16.5. The maximum Gasteiger partial charge on any atom is 0.244 e. The lowest BCUT2D eigenvalue weighted by Gasteiger charge is -2.62. The summed E-state index contributed by atoms with van der Waals surface area (Å²) >= 11 is 0. The Bertz CT molecular complexity index is 1510. The average Bonchev–Trinajstić information content (AvgIpc) is 3.08. The van der Waals surface area contributed by atoms with Crippen LogP contribution in [0.4, 0.5) is 0 Å². The van der Waals surface area contributed by atoms with Gasteiger partial charge in [-0.1, -0.05) is 66.3 Å². The number of rotatable bonds is 20. The maximum atomic E-state index is 14.3. The van der Waals surface area contributed by atoms with Crippen LogP contribution in [0.2, 0.25) is 0 Å². The van der Waals surface area contributed by atoms with Crippen LogP contribution in [0.25, 0.3) is 5.57 Å². The van der Waals surface area contributed by atoms with E-state index in [-0.39, 0.29) is 47.9 Å². The molecule has 3 aliphatic rings. The lowest BCUT2D eigenvalue weighted by atomic mass is 9.45. The van der Waals surface area contributed by atoms with Crippen LogP contribution < -0.4 is 20.7 Å². The van der Waals surface area contributed by atoms with Crippen molar-refractivity contribution in [3.8, 4) is 5.75 Å². The summed E-state index contributed by atoms with van der Waals surface area (Å²) in [4.78, 5) is 31.6. The van der Waals surface area contributed by atoms with Gasteiger partial charge in [-0.25, -0.2) is 0 Å². The van der Waals surface area contributed by atoms with E-state index in [0.29, 0.717) is 23.5 Å². The van der Waals surface area contributed by atoms with E-state index >= 15 is 0 Å². The smallest absolute Gasteiger partial charge is 0.244 e. The van der Waals surface area contributed by atoms with E-state index in [1.54, 1.807) is 26.2 Å². The average molecular weight is 768 g/mol. The third-order valence-corrected chi connectivity index (χ3v) is 12.0. The number of aliphatic hydroxyl groups is 2. The van der Waals surface area contributed by atoms with Gasteiger partial charge in [0.05, 0.1) is 32.0 Å². The zero-order valence-corrected chi connectivity index (χ0v) is 36.0. The van der Waals surface area contributed by atoms with Gasteiger partial charge < -0.3 is 45.4 Å². The van der Waals surface area contributed by atoms with Crippen LogP contribution in [0, 0.1) is 34.5 Å². The number of nitrogens with zero attached hydrogens (tertiary/aromatic N) is 2. The monoisotopic (exact) mass is 768 g/mol. The molecule has 0 saturated heterocycles. The molecule has 310 valence electrons. The molecule has 9 atom stereocenters. The molecule has 3 saturated carbocycles. The number of benzene rings is 1. The van der Waals surface area contributed by atoms with Gasteiger partial charge in [0.2, 0.25) is 11.8 Å². The van der Waals surface area contributed by atoms with Crippen molar-refractivity contribution in [1.29, 1.82) is 0 Å². The fraction of sp³-hybridized carbons (Fsp3) is 0.682. The lowest BCUT2D eigenvalue weighted by Crippen LogP contribution is -2.63. The summed E-state index contributed by atoms with van der Waals surface area (Å²) in [5, 5.41) is 31.3. The van der Waals surface area contributed by atoms with Gasteiger partial charge in [-0.2, -0.15) is 0 Å². The number of para-hydroxylation sites is 1. The topological polar surface area (TPSA) is 136 Å². The number of allylic oxidation sites excluding steroid dienone is 3. The van der Waals surface area contributed by atoms with Crippen molar-refractivity contribution in [2.24, 2.45) is 34.5 Å². The van der Waals surface area contributed by atoms with Crippen molar-refractivity contribution >= 4 is 17.4 Å². The Labute approximate surface area is 332 Å². The SMILES string of the molecule is C=C(/C=C(\C=C\C(=O)N[C@H](CN(C)C)CC(C)(C)C)c1cccc(CN[C@H](C(=O)N[C@H]2C[C@H]3C[C@@H]([C@@H]2C)C3(C)C)[C@H]([C@H](C)O)[C@H](CO)OC)c1OC)N(C)C. The lowest BCUT2D eigenvalue weighted by molar-refractivity contribution is -0.140. The van der Waals surface area contributed by atoms with Crippen LogP contribution in [0.3, 0.4) is 0 Å². The summed E-state index contributed by atoms with van der Waals surface area (Å²) in [6, 6.07) is 4.87. The van der Waals surface area contributed by atoms with Crippen LogP contribution >= 0.6 is 0 Å². The molecule has 1 aromatic carbocycles.